The minimum atomic E-state index is 0.335. The molecule has 106 valence electrons. The fourth-order valence-corrected chi connectivity index (χ4v) is 2.32. The average Bonchev–Trinajstić information content (AvgIpc) is 2.47. The maximum Gasteiger partial charge on any atom is 0.0713 e. The lowest BCUT2D eigenvalue weighted by atomic mass is 10.1. The Labute approximate surface area is 129 Å². The van der Waals surface area contributed by atoms with E-state index in [0.29, 0.717) is 12.6 Å². The van der Waals surface area contributed by atoms with Gasteiger partial charge >= 0.3 is 0 Å². The van der Waals surface area contributed by atoms with Crippen LogP contribution >= 0.6 is 15.9 Å². The molecule has 2 rings (SSSR count). The highest BCUT2D eigenvalue weighted by Crippen LogP contribution is 2.17. The maximum absolute atomic E-state index is 5.11. The zero-order chi connectivity index (χ0) is 14.4. The molecule has 2 aromatic carbocycles. The minimum absolute atomic E-state index is 0.335. The summed E-state index contributed by atoms with van der Waals surface area (Å²) in [7, 11) is 1.72. The summed E-state index contributed by atoms with van der Waals surface area (Å²) in [6.45, 7) is 3.72. The van der Waals surface area contributed by atoms with Crippen molar-refractivity contribution in [2.75, 3.05) is 7.11 Å². The van der Waals surface area contributed by atoms with Gasteiger partial charge in [0.15, 0.2) is 0 Å². The Morgan fingerprint density at radius 3 is 2.20 bits per heavy atom. The summed E-state index contributed by atoms with van der Waals surface area (Å²) in [5.74, 6) is 0. The molecule has 0 radical (unpaired) electrons. The highest BCUT2D eigenvalue weighted by atomic mass is 79.9. The van der Waals surface area contributed by atoms with Gasteiger partial charge in [-0.15, -0.1) is 0 Å². The Kier molecular flexibility index (Phi) is 5.77. The van der Waals surface area contributed by atoms with Gasteiger partial charge in [-0.05, 0) is 35.7 Å². The molecule has 0 aliphatic heterocycles. The van der Waals surface area contributed by atoms with E-state index in [1.165, 1.54) is 16.7 Å². The van der Waals surface area contributed by atoms with Gasteiger partial charge in [0.1, 0.15) is 0 Å². The molecule has 0 spiro atoms. The summed E-state index contributed by atoms with van der Waals surface area (Å²) in [5, 5.41) is 3.54. The Morgan fingerprint density at radius 1 is 1.00 bits per heavy atom. The first-order valence-corrected chi connectivity index (χ1v) is 7.54. The van der Waals surface area contributed by atoms with Crippen LogP contribution in [0.3, 0.4) is 0 Å². The quantitative estimate of drug-likeness (QED) is 0.843. The van der Waals surface area contributed by atoms with E-state index in [9.17, 15) is 0 Å². The summed E-state index contributed by atoms with van der Waals surface area (Å²) >= 11 is 3.46. The number of rotatable bonds is 6. The van der Waals surface area contributed by atoms with Crippen molar-refractivity contribution >= 4 is 15.9 Å². The summed E-state index contributed by atoms with van der Waals surface area (Å²) in [5.41, 5.74) is 3.79. The fourth-order valence-electron chi connectivity index (χ4n) is 2.06. The van der Waals surface area contributed by atoms with Crippen LogP contribution in [0.15, 0.2) is 53.0 Å². The molecular formula is C17H20BrNO. The van der Waals surface area contributed by atoms with Crippen LogP contribution in [-0.4, -0.2) is 7.11 Å². The minimum Gasteiger partial charge on any atom is -0.380 e. The summed E-state index contributed by atoms with van der Waals surface area (Å²) in [6, 6.07) is 17.3. The largest absolute Gasteiger partial charge is 0.380 e. The van der Waals surface area contributed by atoms with Crippen LogP contribution in [0.2, 0.25) is 0 Å². The molecule has 0 aliphatic carbocycles. The first-order valence-electron chi connectivity index (χ1n) is 6.74. The second kappa shape index (κ2) is 7.58. The number of halogens is 1. The Morgan fingerprint density at radius 2 is 1.60 bits per heavy atom. The molecule has 1 N–H and O–H groups in total. The van der Waals surface area contributed by atoms with E-state index in [2.05, 4.69) is 76.7 Å². The van der Waals surface area contributed by atoms with Crippen LogP contribution in [-0.2, 0) is 17.9 Å². The molecule has 3 heteroatoms. The Balaban J connectivity index is 1.89. The van der Waals surface area contributed by atoms with Crippen LogP contribution < -0.4 is 5.32 Å². The zero-order valence-electron chi connectivity index (χ0n) is 11.9. The van der Waals surface area contributed by atoms with Gasteiger partial charge in [-0.1, -0.05) is 52.3 Å². The summed E-state index contributed by atoms with van der Waals surface area (Å²) in [6.07, 6.45) is 0. The third-order valence-corrected chi connectivity index (χ3v) is 3.85. The van der Waals surface area contributed by atoms with Gasteiger partial charge in [0.05, 0.1) is 6.61 Å². The second-order valence-corrected chi connectivity index (χ2v) is 5.82. The van der Waals surface area contributed by atoms with Crippen molar-refractivity contribution in [3.8, 4) is 0 Å². The molecule has 1 unspecified atom stereocenters. The topological polar surface area (TPSA) is 21.3 Å². The first-order chi connectivity index (χ1) is 9.69. The summed E-state index contributed by atoms with van der Waals surface area (Å²) < 4.78 is 6.23. The number of hydrogen-bond acceptors (Lipinski definition) is 2. The lowest BCUT2D eigenvalue weighted by molar-refractivity contribution is 0.185. The van der Waals surface area contributed by atoms with Gasteiger partial charge in [-0.3, -0.25) is 0 Å². The van der Waals surface area contributed by atoms with E-state index in [1.54, 1.807) is 7.11 Å². The predicted octanol–water partition coefficient (Wildman–Crippen LogP) is 4.45. The predicted molar refractivity (Wildman–Crippen MR) is 86.6 cm³/mol. The van der Waals surface area contributed by atoms with E-state index in [1.807, 2.05) is 0 Å². The van der Waals surface area contributed by atoms with Crippen LogP contribution in [0.4, 0.5) is 0 Å². The zero-order valence-corrected chi connectivity index (χ0v) is 13.5. The highest BCUT2D eigenvalue weighted by Gasteiger charge is 2.04. The third kappa shape index (κ3) is 4.44. The van der Waals surface area contributed by atoms with E-state index in [-0.39, 0.29) is 0 Å². The van der Waals surface area contributed by atoms with Crippen LogP contribution in [0.5, 0.6) is 0 Å². The van der Waals surface area contributed by atoms with Crippen molar-refractivity contribution in [1.29, 1.82) is 0 Å². The lowest BCUT2D eigenvalue weighted by Crippen LogP contribution is -2.17. The van der Waals surface area contributed by atoms with Crippen molar-refractivity contribution in [1.82, 2.24) is 5.32 Å². The van der Waals surface area contributed by atoms with Gasteiger partial charge in [-0.2, -0.15) is 0 Å². The first kappa shape index (κ1) is 15.2. The summed E-state index contributed by atoms with van der Waals surface area (Å²) in [4.78, 5) is 0. The van der Waals surface area contributed by atoms with Crippen LogP contribution in [0, 0.1) is 0 Å². The van der Waals surface area contributed by atoms with Gasteiger partial charge in [0.2, 0.25) is 0 Å². The number of nitrogens with one attached hydrogen (secondary N) is 1. The molecule has 0 aliphatic rings. The van der Waals surface area contributed by atoms with Gasteiger partial charge in [0.25, 0.3) is 0 Å². The Hall–Kier alpha value is -1.16. The number of methoxy groups -OCH3 is 1. The third-order valence-electron chi connectivity index (χ3n) is 3.32. The van der Waals surface area contributed by atoms with Gasteiger partial charge in [0, 0.05) is 24.2 Å². The number of hydrogen-bond donors (Lipinski definition) is 1. The molecule has 0 bridgehead atoms. The van der Waals surface area contributed by atoms with Crippen molar-refractivity contribution in [2.45, 2.75) is 26.1 Å². The number of ether oxygens (including phenoxy) is 1. The molecule has 0 amide bonds. The molecule has 0 fully saturated rings. The molecule has 2 nitrogen and oxygen atoms in total. The monoisotopic (exact) mass is 333 g/mol. The van der Waals surface area contributed by atoms with E-state index in [0.717, 1.165) is 11.0 Å². The molecule has 0 aromatic heterocycles. The van der Waals surface area contributed by atoms with E-state index in [4.69, 9.17) is 4.74 Å². The molecule has 0 saturated heterocycles. The second-order valence-electron chi connectivity index (χ2n) is 4.90. The molecule has 2 aromatic rings. The van der Waals surface area contributed by atoms with Crippen molar-refractivity contribution in [3.05, 3.63) is 69.7 Å². The van der Waals surface area contributed by atoms with Crippen LogP contribution in [0.1, 0.15) is 29.7 Å². The van der Waals surface area contributed by atoms with Crippen molar-refractivity contribution in [2.24, 2.45) is 0 Å². The van der Waals surface area contributed by atoms with E-state index >= 15 is 0 Å². The number of benzene rings is 2. The lowest BCUT2D eigenvalue weighted by Gasteiger charge is -2.14. The fraction of sp³-hybridized carbons (Fsp3) is 0.294. The standard InChI is InChI=1S/C17H20BrNO/c1-13(16-7-9-17(18)10-8-16)19-11-14-3-5-15(6-4-14)12-20-2/h3-10,13,19H,11-12H2,1-2H3. The van der Waals surface area contributed by atoms with Crippen molar-refractivity contribution in [3.63, 3.8) is 0 Å². The van der Waals surface area contributed by atoms with Crippen LogP contribution in [0.25, 0.3) is 0 Å². The molecule has 0 heterocycles. The molecule has 1 atom stereocenters. The SMILES string of the molecule is COCc1ccc(CNC(C)c2ccc(Br)cc2)cc1. The molecule has 20 heavy (non-hydrogen) atoms. The smallest absolute Gasteiger partial charge is 0.0713 e. The van der Waals surface area contributed by atoms with Gasteiger partial charge in [-0.25, -0.2) is 0 Å². The maximum atomic E-state index is 5.11. The Bertz CT molecular complexity index is 522. The average molecular weight is 334 g/mol. The van der Waals surface area contributed by atoms with Crippen molar-refractivity contribution < 1.29 is 4.74 Å². The normalized spacial score (nSPS) is 12.3. The van der Waals surface area contributed by atoms with Gasteiger partial charge < -0.3 is 10.1 Å². The highest BCUT2D eigenvalue weighted by molar-refractivity contribution is 9.10. The molecular weight excluding hydrogens is 314 g/mol. The molecule has 0 saturated carbocycles. The van der Waals surface area contributed by atoms with E-state index < -0.39 is 0 Å².